The highest BCUT2D eigenvalue weighted by Gasteiger charge is 2.32. The molecule has 1 amide bonds. The molecule has 1 aliphatic carbocycles. The predicted molar refractivity (Wildman–Crippen MR) is 76.8 cm³/mol. The summed E-state index contributed by atoms with van der Waals surface area (Å²) >= 11 is 0. The minimum absolute atomic E-state index is 0.0897. The summed E-state index contributed by atoms with van der Waals surface area (Å²) in [5.74, 6) is 0.660. The van der Waals surface area contributed by atoms with E-state index in [1.807, 2.05) is 24.0 Å². The zero-order valence-electron chi connectivity index (χ0n) is 11.6. The van der Waals surface area contributed by atoms with E-state index in [0.29, 0.717) is 19.0 Å². The Kier molecular flexibility index (Phi) is 4.91. The summed E-state index contributed by atoms with van der Waals surface area (Å²) in [7, 11) is 0. The smallest absolute Gasteiger partial charge is 0.230 e. The number of hydrogen-bond donors (Lipinski definition) is 1. The molecule has 1 heterocycles. The van der Waals surface area contributed by atoms with E-state index >= 15 is 0 Å². The molecular weight excluding hydrogens is 238 g/mol. The van der Waals surface area contributed by atoms with Crippen LogP contribution in [0.15, 0.2) is 24.5 Å². The van der Waals surface area contributed by atoms with Gasteiger partial charge in [0.05, 0.1) is 0 Å². The summed E-state index contributed by atoms with van der Waals surface area (Å²) in [5.41, 5.74) is 6.77. The number of anilines is 1. The van der Waals surface area contributed by atoms with Gasteiger partial charge < -0.3 is 10.6 Å². The number of amides is 1. The van der Waals surface area contributed by atoms with Crippen LogP contribution in [-0.2, 0) is 4.79 Å². The lowest BCUT2D eigenvalue weighted by Crippen LogP contribution is -2.42. The second-order valence-corrected chi connectivity index (χ2v) is 5.17. The largest absolute Gasteiger partial charge is 0.330 e. The predicted octanol–water partition coefficient (Wildman–Crippen LogP) is 2.20. The second-order valence-electron chi connectivity index (χ2n) is 5.17. The molecule has 0 radical (unpaired) electrons. The Hall–Kier alpha value is -1.42. The first-order chi connectivity index (χ1) is 9.27. The Labute approximate surface area is 115 Å². The third-order valence-corrected chi connectivity index (χ3v) is 4.09. The van der Waals surface area contributed by atoms with Crippen LogP contribution in [0, 0.1) is 11.8 Å². The van der Waals surface area contributed by atoms with Crippen LogP contribution in [0.2, 0.25) is 0 Å². The lowest BCUT2D eigenvalue weighted by atomic mass is 9.78. The minimum Gasteiger partial charge on any atom is -0.330 e. The van der Waals surface area contributed by atoms with Crippen molar-refractivity contribution in [3.05, 3.63) is 24.5 Å². The summed E-state index contributed by atoms with van der Waals surface area (Å²) in [6, 6.07) is 3.78. The molecule has 1 saturated carbocycles. The highest BCUT2D eigenvalue weighted by Crippen LogP contribution is 2.31. The van der Waals surface area contributed by atoms with Crippen molar-refractivity contribution in [3.8, 4) is 0 Å². The molecule has 19 heavy (non-hydrogen) atoms. The quantitative estimate of drug-likeness (QED) is 0.904. The average Bonchev–Trinajstić information content (AvgIpc) is 2.49. The molecule has 104 valence electrons. The fourth-order valence-electron chi connectivity index (χ4n) is 3.00. The van der Waals surface area contributed by atoms with Gasteiger partial charge in [-0.1, -0.05) is 12.8 Å². The minimum atomic E-state index is 0.0897. The van der Waals surface area contributed by atoms with Gasteiger partial charge >= 0.3 is 0 Å². The number of pyridine rings is 1. The van der Waals surface area contributed by atoms with Gasteiger partial charge in [0.1, 0.15) is 0 Å². The van der Waals surface area contributed by atoms with Crippen LogP contribution in [0.4, 0.5) is 5.69 Å². The highest BCUT2D eigenvalue weighted by atomic mass is 16.2. The molecule has 2 N–H and O–H groups in total. The van der Waals surface area contributed by atoms with E-state index in [-0.39, 0.29) is 11.8 Å². The van der Waals surface area contributed by atoms with Crippen LogP contribution in [-0.4, -0.2) is 24.0 Å². The number of nitrogens with two attached hydrogens (primary N) is 1. The number of rotatable bonds is 4. The van der Waals surface area contributed by atoms with Crippen LogP contribution in [0.5, 0.6) is 0 Å². The maximum atomic E-state index is 12.7. The standard InChI is InChI=1S/C15H23N3O/c1-2-18(13-7-9-17-10-8-13)15(19)14-6-4-3-5-12(14)11-16/h7-10,12,14H,2-6,11,16H2,1H3. The number of nitrogens with zero attached hydrogens (tertiary/aromatic N) is 2. The van der Waals surface area contributed by atoms with E-state index < -0.39 is 0 Å². The van der Waals surface area contributed by atoms with E-state index in [1.54, 1.807) is 12.4 Å². The van der Waals surface area contributed by atoms with Crippen LogP contribution >= 0.6 is 0 Å². The number of carbonyl (C=O) groups excluding carboxylic acids is 1. The third-order valence-electron chi connectivity index (χ3n) is 4.09. The van der Waals surface area contributed by atoms with Crippen LogP contribution in [0.25, 0.3) is 0 Å². The molecule has 1 aliphatic rings. The van der Waals surface area contributed by atoms with Crippen molar-refractivity contribution in [1.29, 1.82) is 0 Å². The maximum Gasteiger partial charge on any atom is 0.230 e. The summed E-state index contributed by atoms with van der Waals surface area (Å²) < 4.78 is 0. The Morgan fingerprint density at radius 2 is 2.05 bits per heavy atom. The molecule has 0 aliphatic heterocycles. The molecule has 2 unspecified atom stereocenters. The molecule has 1 aromatic heterocycles. The van der Waals surface area contributed by atoms with Gasteiger partial charge in [0.2, 0.25) is 5.91 Å². The zero-order chi connectivity index (χ0) is 13.7. The average molecular weight is 261 g/mol. The number of carbonyl (C=O) groups is 1. The van der Waals surface area contributed by atoms with Crippen LogP contribution < -0.4 is 10.6 Å². The van der Waals surface area contributed by atoms with Crippen molar-refractivity contribution in [1.82, 2.24) is 4.98 Å². The number of hydrogen-bond acceptors (Lipinski definition) is 3. The summed E-state index contributed by atoms with van der Waals surface area (Å²) in [5, 5.41) is 0. The molecule has 4 nitrogen and oxygen atoms in total. The Bertz CT molecular complexity index is 407. The maximum absolute atomic E-state index is 12.7. The SMILES string of the molecule is CCN(C(=O)C1CCCCC1CN)c1ccncc1. The van der Waals surface area contributed by atoms with Crippen molar-refractivity contribution >= 4 is 11.6 Å². The fraction of sp³-hybridized carbons (Fsp3) is 0.600. The molecule has 0 bridgehead atoms. The molecule has 2 rings (SSSR count). The van der Waals surface area contributed by atoms with Gasteiger partial charge in [0, 0.05) is 30.5 Å². The van der Waals surface area contributed by atoms with Crippen LogP contribution in [0.1, 0.15) is 32.6 Å². The molecule has 0 saturated heterocycles. The Morgan fingerprint density at radius 3 is 2.68 bits per heavy atom. The summed E-state index contributed by atoms with van der Waals surface area (Å²) in [6.45, 7) is 3.32. The first-order valence-electron chi connectivity index (χ1n) is 7.19. The van der Waals surface area contributed by atoms with Crippen molar-refractivity contribution < 1.29 is 4.79 Å². The van der Waals surface area contributed by atoms with Gasteiger partial charge in [0.15, 0.2) is 0 Å². The van der Waals surface area contributed by atoms with E-state index in [1.165, 1.54) is 6.42 Å². The van der Waals surface area contributed by atoms with E-state index in [2.05, 4.69) is 4.98 Å². The van der Waals surface area contributed by atoms with Crippen molar-refractivity contribution in [2.45, 2.75) is 32.6 Å². The van der Waals surface area contributed by atoms with Gasteiger partial charge in [0.25, 0.3) is 0 Å². The van der Waals surface area contributed by atoms with Crippen molar-refractivity contribution in [2.75, 3.05) is 18.0 Å². The van der Waals surface area contributed by atoms with Gasteiger partial charge in [-0.3, -0.25) is 9.78 Å². The molecule has 1 fully saturated rings. The van der Waals surface area contributed by atoms with Gasteiger partial charge in [-0.05, 0) is 44.4 Å². The third kappa shape index (κ3) is 3.13. The van der Waals surface area contributed by atoms with Crippen molar-refractivity contribution in [3.63, 3.8) is 0 Å². The second kappa shape index (κ2) is 6.66. The topological polar surface area (TPSA) is 59.2 Å². The normalized spacial score (nSPS) is 23.1. The monoisotopic (exact) mass is 261 g/mol. The zero-order valence-corrected chi connectivity index (χ0v) is 11.6. The van der Waals surface area contributed by atoms with E-state index in [0.717, 1.165) is 24.9 Å². The summed E-state index contributed by atoms with van der Waals surface area (Å²) in [6.07, 6.45) is 7.86. The van der Waals surface area contributed by atoms with E-state index in [4.69, 9.17) is 5.73 Å². The van der Waals surface area contributed by atoms with Gasteiger partial charge in [-0.15, -0.1) is 0 Å². The van der Waals surface area contributed by atoms with E-state index in [9.17, 15) is 4.79 Å². The molecule has 2 atom stereocenters. The Morgan fingerprint density at radius 1 is 1.37 bits per heavy atom. The molecule has 0 spiro atoms. The molecular formula is C15H23N3O. The fourth-order valence-corrected chi connectivity index (χ4v) is 3.00. The molecule has 4 heteroatoms. The lowest BCUT2D eigenvalue weighted by Gasteiger charge is -2.33. The van der Waals surface area contributed by atoms with Gasteiger partial charge in [-0.25, -0.2) is 0 Å². The first-order valence-corrected chi connectivity index (χ1v) is 7.19. The molecule has 0 aromatic carbocycles. The Balaban J connectivity index is 2.16. The molecule has 1 aromatic rings. The van der Waals surface area contributed by atoms with Crippen molar-refractivity contribution in [2.24, 2.45) is 17.6 Å². The lowest BCUT2D eigenvalue weighted by molar-refractivity contribution is -0.124. The summed E-state index contributed by atoms with van der Waals surface area (Å²) in [4.78, 5) is 18.6. The highest BCUT2D eigenvalue weighted by molar-refractivity contribution is 5.95. The first kappa shape index (κ1) is 14.0. The van der Waals surface area contributed by atoms with Crippen LogP contribution in [0.3, 0.4) is 0 Å². The van der Waals surface area contributed by atoms with Gasteiger partial charge in [-0.2, -0.15) is 0 Å². The number of aromatic nitrogens is 1.